The Hall–Kier alpha value is -4.32. The van der Waals surface area contributed by atoms with Crippen LogP contribution < -0.4 is 11.1 Å². The average Bonchev–Trinajstić information content (AvgIpc) is 3.10. The van der Waals surface area contributed by atoms with Gasteiger partial charge in [0.1, 0.15) is 18.2 Å². The van der Waals surface area contributed by atoms with Crippen molar-refractivity contribution >= 4 is 34.3 Å². The summed E-state index contributed by atoms with van der Waals surface area (Å²) in [6.07, 6.45) is 0. The van der Waals surface area contributed by atoms with Gasteiger partial charge in [-0.1, -0.05) is 12.1 Å². The second-order valence-corrected chi connectivity index (χ2v) is 5.68. The van der Waals surface area contributed by atoms with Crippen LogP contribution in [-0.2, 0) is 4.74 Å². The van der Waals surface area contributed by atoms with E-state index in [2.05, 4.69) is 15.3 Å². The molecule has 1 aromatic heterocycles. The van der Waals surface area contributed by atoms with E-state index in [1.807, 2.05) is 12.1 Å². The van der Waals surface area contributed by atoms with E-state index in [9.17, 15) is 20.0 Å². The average molecular weight is 377 g/mol. The van der Waals surface area contributed by atoms with Crippen molar-refractivity contribution in [3.63, 3.8) is 0 Å². The first-order valence-corrected chi connectivity index (χ1v) is 8.09. The zero-order valence-corrected chi connectivity index (χ0v) is 14.5. The number of imidazole rings is 1. The van der Waals surface area contributed by atoms with E-state index in [1.54, 1.807) is 18.2 Å². The van der Waals surface area contributed by atoms with Crippen LogP contribution in [0.2, 0.25) is 0 Å². The summed E-state index contributed by atoms with van der Waals surface area (Å²) in [7, 11) is 0. The van der Waals surface area contributed by atoms with Gasteiger partial charge >= 0.3 is 12.0 Å². The number of carbonyl (C=O) groups excluding carboxylic acids is 2. The molecule has 0 saturated carbocycles. The predicted octanol–water partition coefficient (Wildman–Crippen LogP) is 2.70. The van der Waals surface area contributed by atoms with E-state index in [0.717, 1.165) is 0 Å². The van der Waals surface area contributed by atoms with Crippen molar-refractivity contribution in [2.75, 3.05) is 11.9 Å². The topological polar surface area (TPSA) is 154 Å². The van der Waals surface area contributed by atoms with Gasteiger partial charge in [-0.25, -0.2) is 14.6 Å². The summed E-state index contributed by atoms with van der Waals surface area (Å²) in [5, 5.41) is 21.9. The van der Waals surface area contributed by atoms with Gasteiger partial charge in [-0.2, -0.15) is 5.26 Å². The normalized spacial score (nSPS) is 11.4. The van der Waals surface area contributed by atoms with Crippen LogP contribution in [0.3, 0.4) is 0 Å². The minimum atomic E-state index is -0.722. The number of anilines is 1. The molecule has 9 heteroatoms. The Morgan fingerprint density at radius 2 is 1.93 bits per heavy atom. The third kappa shape index (κ3) is 4.08. The lowest BCUT2D eigenvalue weighted by atomic mass is 10.2. The van der Waals surface area contributed by atoms with Crippen molar-refractivity contribution in [2.45, 2.75) is 0 Å². The Labute approximate surface area is 159 Å². The highest BCUT2D eigenvalue weighted by molar-refractivity contribution is 5.92. The van der Waals surface area contributed by atoms with Crippen LogP contribution in [0, 0.1) is 11.3 Å². The summed E-state index contributed by atoms with van der Waals surface area (Å²) in [6.45, 7) is -0.500. The summed E-state index contributed by atoms with van der Waals surface area (Å²) in [6, 6.07) is 14.1. The molecule has 0 spiro atoms. The fourth-order valence-corrected chi connectivity index (χ4v) is 2.45. The number of carbonyl (C=O) groups is 2. The predicted molar refractivity (Wildman–Crippen MR) is 101 cm³/mol. The van der Waals surface area contributed by atoms with Crippen molar-refractivity contribution in [2.24, 2.45) is 5.73 Å². The Kier molecular flexibility index (Phi) is 5.23. The Bertz CT molecular complexity index is 1080. The maximum atomic E-state index is 12.1. The molecule has 2 amide bonds. The molecule has 2 aromatic carbocycles. The summed E-state index contributed by atoms with van der Waals surface area (Å²) in [5.74, 6) is -0.958. The molecule has 0 aliphatic carbocycles. The van der Waals surface area contributed by atoms with E-state index in [4.69, 9.17) is 10.5 Å². The number of ether oxygens (including phenoxy) is 1. The van der Waals surface area contributed by atoms with Crippen LogP contribution in [0.15, 0.2) is 54.3 Å². The molecule has 0 fully saturated rings. The Morgan fingerprint density at radius 3 is 2.57 bits per heavy atom. The van der Waals surface area contributed by atoms with Gasteiger partial charge in [-0.15, -0.1) is 0 Å². The molecular weight excluding hydrogens is 362 g/mol. The first-order chi connectivity index (χ1) is 13.5. The number of nitrogens with two attached hydrogens (primary N) is 1. The number of hydrogen-bond acceptors (Lipinski definition) is 6. The number of urea groups is 1. The number of aliphatic hydroxyl groups is 1. The Morgan fingerprint density at radius 1 is 1.21 bits per heavy atom. The molecule has 0 aliphatic rings. The number of para-hydroxylation sites is 2. The maximum Gasteiger partial charge on any atom is 0.338 e. The number of nitrogens with one attached hydrogen (secondary N) is 2. The number of rotatable bonds is 5. The van der Waals surface area contributed by atoms with Crippen LogP contribution in [-0.4, -0.2) is 33.7 Å². The molecule has 3 aromatic rings. The minimum absolute atomic E-state index is 0.120. The fraction of sp³-hybridized carbons (Fsp3) is 0.0526. The molecule has 28 heavy (non-hydrogen) atoms. The van der Waals surface area contributed by atoms with E-state index < -0.39 is 24.4 Å². The van der Waals surface area contributed by atoms with Gasteiger partial charge in [0.25, 0.3) is 0 Å². The number of nitriles is 1. The fourth-order valence-electron chi connectivity index (χ4n) is 2.45. The molecule has 0 aliphatic heterocycles. The summed E-state index contributed by atoms with van der Waals surface area (Å²) in [4.78, 5) is 30.1. The number of fused-ring (bicyclic) bond motifs is 1. The lowest BCUT2D eigenvalue weighted by molar-refractivity contribution is 0.0503. The third-order valence-electron chi connectivity index (χ3n) is 3.75. The highest BCUT2D eigenvalue weighted by Gasteiger charge is 2.15. The number of primary amides is 1. The number of nitrogens with zero attached hydrogens (tertiary/aromatic N) is 2. The molecule has 9 nitrogen and oxygen atoms in total. The molecule has 0 saturated heterocycles. The minimum Gasteiger partial charge on any atom is -0.507 e. The maximum absolute atomic E-state index is 12.1. The number of H-pyrrole nitrogens is 1. The van der Waals surface area contributed by atoms with Gasteiger partial charge in [0.2, 0.25) is 0 Å². The second-order valence-electron chi connectivity index (χ2n) is 5.68. The number of benzene rings is 2. The molecular formula is C19H15N5O4. The number of aliphatic hydroxyl groups excluding tert-OH is 1. The van der Waals surface area contributed by atoms with Crippen LogP contribution in [0.4, 0.5) is 10.5 Å². The second kappa shape index (κ2) is 7.92. The van der Waals surface area contributed by atoms with Crippen LogP contribution >= 0.6 is 0 Å². The zero-order valence-electron chi connectivity index (χ0n) is 14.5. The first-order valence-electron chi connectivity index (χ1n) is 8.09. The smallest absolute Gasteiger partial charge is 0.338 e. The van der Waals surface area contributed by atoms with Crippen molar-refractivity contribution in [3.8, 4) is 6.07 Å². The largest absolute Gasteiger partial charge is 0.507 e. The van der Waals surface area contributed by atoms with Crippen molar-refractivity contribution in [1.29, 1.82) is 5.26 Å². The molecule has 5 N–H and O–H groups in total. The number of amides is 2. The van der Waals surface area contributed by atoms with Crippen molar-refractivity contribution in [3.05, 3.63) is 65.7 Å². The van der Waals surface area contributed by atoms with E-state index >= 15 is 0 Å². The highest BCUT2D eigenvalue weighted by Crippen LogP contribution is 2.19. The van der Waals surface area contributed by atoms with Crippen LogP contribution in [0.1, 0.15) is 16.2 Å². The molecule has 0 atom stereocenters. The van der Waals surface area contributed by atoms with Crippen LogP contribution in [0.5, 0.6) is 0 Å². The van der Waals surface area contributed by atoms with Crippen LogP contribution in [0.25, 0.3) is 16.6 Å². The summed E-state index contributed by atoms with van der Waals surface area (Å²) >= 11 is 0. The van der Waals surface area contributed by atoms with E-state index in [-0.39, 0.29) is 17.0 Å². The molecule has 0 radical (unpaired) electrons. The van der Waals surface area contributed by atoms with Gasteiger partial charge in [-0.05, 0) is 36.4 Å². The van der Waals surface area contributed by atoms with Gasteiger partial charge in [0.15, 0.2) is 11.6 Å². The first kappa shape index (κ1) is 18.5. The molecule has 3 rings (SSSR count). The van der Waals surface area contributed by atoms with Gasteiger partial charge in [0, 0.05) is 5.69 Å². The van der Waals surface area contributed by atoms with E-state index in [0.29, 0.717) is 16.7 Å². The zero-order chi connectivity index (χ0) is 20.1. The standard InChI is InChI=1S/C19H15N5O4/c20-9-13(17-23-14-3-1-2-4-15(14)24-17)16(25)10-28-18(26)11-5-7-12(8-6-11)22-19(21)27/h1-8,25H,10H2,(H,23,24)(H3,21,22,27). The van der Waals surface area contributed by atoms with Gasteiger partial charge in [0.05, 0.1) is 16.6 Å². The lowest BCUT2D eigenvalue weighted by Crippen LogP contribution is -2.19. The summed E-state index contributed by atoms with van der Waals surface area (Å²) < 4.78 is 5.04. The number of aromatic nitrogens is 2. The SMILES string of the molecule is N#CC(=C(O)COC(=O)c1ccc(NC(N)=O)cc1)c1nc2ccccc2[nH]1. The molecule has 0 bridgehead atoms. The van der Waals surface area contributed by atoms with Crippen molar-refractivity contribution < 1.29 is 19.4 Å². The van der Waals surface area contributed by atoms with E-state index in [1.165, 1.54) is 24.3 Å². The number of hydrogen-bond donors (Lipinski definition) is 4. The molecule has 140 valence electrons. The third-order valence-corrected chi connectivity index (χ3v) is 3.75. The lowest BCUT2D eigenvalue weighted by Gasteiger charge is -2.06. The molecule has 1 heterocycles. The summed E-state index contributed by atoms with van der Waals surface area (Å²) in [5.41, 5.74) is 6.85. The van der Waals surface area contributed by atoms with Gasteiger partial charge in [-0.3, -0.25) is 0 Å². The monoisotopic (exact) mass is 377 g/mol. The number of aromatic amines is 1. The number of esters is 1. The Balaban J connectivity index is 1.71. The number of allylic oxidation sites excluding steroid dienone is 1. The highest BCUT2D eigenvalue weighted by atomic mass is 16.5. The quantitative estimate of drug-likeness (QED) is 0.304. The van der Waals surface area contributed by atoms with Gasteiger partial charge < -0.3 is 25.9 Å². The van der Waals surface area contributed by atoms with Crippen molar-refractivity contribution in [1.82, 2.24) is 9.97 Å². The molecule has 0 unspecified atom stereocenters.